The van der Waals surface area contributed by atoms with Gasteiger partial charge in [-0.3, -0.25) is 0 Å². The highest BCUT2D eigenvalue weighted by atomic mass is 79.9. The minimum atomic E-state index is -1.84. The number of carbonyl (C=O) groups is 2. The van der Waals surface area contributed by atoms with E-state index in [-0.39, 0.29) is 6.10 Å². The second kappa shape index (κ2) is 9.75. The molecule has 0 aliphatic rings. The molecule has 0 fully saturated rings. The predicted molar refractivity (Wildman–Crippen MR) is 81.8 cm³/mol. The number of carbonyl (C=O) groups excluding carboxylic acids is 1. The van der Waals surface area contributed by atoms with Crippen molar-refractivity contribution in [3.05, 3.63) is 0 Å². The molecule has 1 N–H and O–H groups in total. The summed E-state index contributed by atoms with van der Waals surface area (Å²) in [5.74, 6) is -2.12. The summed E-state index contributed by atoms with van der Waals surface area (Å²) >= 11 is 5.63. The molecule has 0 saturated heterocycles. The first-order chi connectivity index (χ1) is 8.86. The van der Waals surface area contributed by atoms with Crippen LogP contribution in [-0.4, -0.2) is 26.4 Å². The van der Waals surface area contributed by atoms with Gasteiger partial charge in [0, 0.05) is 0 Å². The van der Waals surface area contributed by atoms with Crippen LogP contribution >= 0.6 is 31.9 Å². The Kier molecular flexibility index (Phi) is 9.70. The molecule has 0 spiro atoms. The molecule has 6 heteroatoms. The summed E-state index contributed by atoms with van der Waals surface area (Å²) in [4.78, 5) is 22.6. The summed E-state index contributed by atoms with van der Waals surface area (Å²) in [7, 11) is 0. The zero-order valence-electron chi connectivity index (χ0n) is 11.5. The molecule has 0 aromatic carbocycles. The Labute approximate surface area is 131 Å². The van der Waals surface area contributed by atoms with Gasteiger partial charge in [0.2, 0.25) is 0 Å². The fourth-order valence-corrected chi connectivity index (χ4v) is 1.82. The number of ether oxygens (including phenoxy) is 1. The van der Waals surface area contributed by atoms with Gasteiger partial charge in [0.05, 0.1) is 0 Å². The number of halogens is 2. The Hall–Kier alpha value is -0.100. The highest BCUT2D eigenvalue weighted by Gasteiger charge is 2.43. The largest absolute Gasteiger partial charge is 0.479 e. The summed E-state index contributed by atoms with van der Waals surface area (Å²) in [6.45, 7) is 4.09. The van der Waals surface area contributed by atoms with Crippen LogP contribution in [0, 0.1) is 0 Å². The van der Waals surface area contributed by atoms with E-state index >= 15 is 0 Å². The zero-order valence-corrected chi connectivity index (χ0v) is 14.6. The predicted octanol–water partition coefficient (Wildman–Crippen LogP) is 4.24. The fraction of sp³-hybridized carbons (Fsp3) is 0.846. The quantitative estimate of drug-likeness (QED) is 0.257. The van der Waals surface area contributed by atoms with Gasteiger partial charge in [-0.2, -0.15) is 0 Å². The van der Waals surface area contributed by atoms with Gasteiger partial charge in [-0.25, -0.2) is 9.59 Å². The molecule has 0 rings (SSSR count). The molecule has 0 aromatic rings. The smallest absolute Gasteiger partial charge is 0.345 e. The van der Waals surface area contributed by atoms with Crippen molar-refractivity contribution in [1.82, 2.24) is 0 Å². The molecule has 0 aliphatic carbocycles. The van der Waals surface area contributed by atoms with Crippen molar-refractivity contribution in [1.29, 1.82) is 0 Å². The zero-order chi connectivity index (χ0) is 14.9. The molecule has 1 atom stereocenters. The second-order valence-electron chi connectivity index (χ2n) is 4.52. The lowest BCUT2D eigenvalue weighted by molar-refractivity contribution is -0.155. The van der Waals surface area contributed by atoms with Crippen LogP contribution in [0.5, 0.6) is 0 Å². The molecule has 19 heavy (non-hydrogen) atoms. The third-order valence-electron chi connectivity index (χ3n) is 2.88. The summed E-state index contributed by atoms with van der Waals surface area (Å²) in [6, 6.07) is 0. The number of aliphatic carboxylic acids is 1. The number of carboxylic acids is 1. The Morgan fingerprint density at radius 3 is 2.21 bits per heavy atom. The maximum Gasteiger partial charge on any atom is 0.345 e. The normalized spacial score (nSPS) is 13.1. The van der Waals surface area contributed by atoms with Gasteiger partial charge in [-0.15, -0.1) is 0 Å². The van der Waals surface area contributed by atoms with E-state index < -0.39 is 15.2 Å². The number of alkyl halides is 2. The van der Waals surface area contributed by atoms with Gasteiger partial charge in [0.15, 0.2) is 0 Å². The van der Waals surface area contributed by atoms with Crippen LogP contribution in [0.3, 0.4) is 0 Å². The van der Waals surface area contributed by atoms with Crippen LogP contribution in [0.2, 0.25) is 0 Å². The van der Waals surface area contributed by atoms with Gasteiger partial charge >= 0.3 is 11.9 Å². The van der Waals surface area contributed by atoms with Crippen LogP contribution in [-0.2, 0) is 14.3 Å². The second-order valence-corrected chi connectivity index (χ2v) is 7.96. The lowest BCUT2D eigenvalue weighted by Gasteiger charge is -2.20. The van der Waals surface area contributed by atoms with Crippen molar-refractivity contribution in [3.63, 3.8) is 0 Å². The van der Waals surface area contributed by atoms with Gasteiger partial charge < -0.3 is 9.84 Å². The molecule has 0 radical (unpaired) electrons. The maximum atomic E-state index is 11.7. The van der Waals surface area contributed by atoms with E-state index in [1.807, 2.05) is 6.92 Å². The third-order valence-corrected chi connectivity index (χ3v) is 4.21. The molecule has 0 bridgehead atoms. The molecular weight excluding hydrogens is 380 g/mol. The van der Waals surface area contributed by atoms with Crippen LogP contribution in [0.25, 0.3) is 0 Å². The van der Waals surface area contributed by atoms with Crippen molar-refractivity contribution in [2.75, 3.05) is 0 Å². The minimum absolute atomic E-state index is 0.219. The number of esters is 1. The van der Waals surface area contributed by atoms with E-state index in [1.54, 1.807) is 0 Å². The Morgan fingerprint density at radius 1 is 1.16 bits per heavy atom. The molecule has 0 heterocycles. The molecule has 112 valence electrons. The van der Waals surface area contributed by atoms with Crippen molar-refractivity contribution in [3.8, 4) is 0 Å². The van der Waals surface area contributed by atoms with E-state index in [0.717, 1.165) is 19.3 Å². The fourth-order valence-electron chi connectivity index (χ4n) is 1.63. The van der Waals surface area contributed by atoms with E-state index in [9.17, 15) is 9.59 Å². The first-order valence-electron chi connectivity index (χ1n) is 6.68. The average Bonchev–Trinajstić information content (AvgIpc) is 2.36. The summed E-state index contributed by atoms with van der Waals surface area (Å²) in [6.07, 6.45) is 6.98. The van der Waals surface area contributed by atoms with Crippen molar-refractivity contribution < 1.29 is 19.4 Å². The monoisotopic (exact) mass is 400 g/mol. The van der Waals surface area contributed by atoms with E-state index in [2.05, 4.69) is 38.8 Å². The van der Waals surface area contributed by atoms with Crippen LogP contribution in [0.4, 0.5) is 0 Å². The minimum Gasteiger partial charge on any atom is -0.479 e. The Balaban J connectivity index is 4.11. The highest BCUT2D eigenvalue weighted by molar-refractivity contribution is 9.26. The van der Waals surface area contributed by atoms with Gasteiger partial charge in [-0.05, 0) is 51.1 Å². The number of hydrogen-bond donors (Lipinski definition) is 1. The summed E-state index contributed by atoms with van der Waals surface area (Å²) in [5.41, 5.74) is 0. The standard InChI is InChI=1S/C13H22Br2O4/c1-3-5-6-7-8-9-10(4-2)19-12(18)13(14,15)11(16)17/h10H,3-9H2,1-2H3,(H,16,17). The molecule has 1 unspecified atom stereocenters. The van der Waals surface area contributed by atoms with Crippen molar-refractivity contribution in [2.24, 2.45) is 0 Å². The molecule has 4 nitrogen and oxygen atoms in total. The van der Waals surface area contributed by atoms with E-state index in [1.165, 1.54) is 19.3 Å². The van der Waals surface area contributed by atoms with Crippen molar-refractivity contribution >= 4 is 43.8 Å². The third kappa shape index (κ3) is 7.30. The lowest BCUT2D eigenvalue weighted by atomic mass is 10.1. The molecule has 0 aliphatic heterocycles. The SMILES string of the molecule is CCCCCCCC(CC)OC(=O)C(Br)(Br)C(=O)O. The lowest BCUT2D eigenvalue weighted by Crippen LogP contribution is -2.38. The van der Waals surface area contributed by atoms with Gasteiger partial charge in [0.25, 0.3) is 3.23 Å². The first-order valence-corrected chi connectivity index (χ1v) is 8.27. The molecule has 0 saturated carbocycles. The Bertz CT molecular complexity index is 292. The topological polar surface area (TPSA) is 63.6 Å². The molecular formula is C13H22Br2O4. The Morgan fingerprint density at radius 2 is 1.74 bits per heavy atom. The van der Waals surface area contributed by atoms with Crippen molar-refractivity contribution in [2.45, 2.75) is 68.1 Å². The summed E-state index contributed by atoms with van der Waals surface area (Å²) in [5, 5.41) is 8.88. The van der Waals surface area contributed by atoms with Crippen LogP contribution < -0.4 is 0 Å². The average molecular weight is 402 g/mol. The highest BCUT2D eigenvalue weighted by Crippen LogP contribution is 2.29. The number of carboxylic acid groups (broad SMARTS) is 1. The first kappa shape index (κ1) is 18.9. The van der Waals surface area contributed by atoms with Gasteiger partial charge in [-0.1, -0.05) is 39.5 Å². The van der Waals surface area contributed by atoms with E-state index in [4.69, 9.17) is 9.84 Å². The molecule has 0 aromatic heterocycles. The van der Waals surface area contributed by atoms with Crippen LogP contribution in [0.1, 0.15) is 58.8 Å². The van der Waals surface area contributed by atoms with Crippen LogP contribution in [0.15, 0.2) is 0 Å². The summed E-state index contributed by atoms with van der Waals surface area (Å²) < 4.78 is 3.38. The molecule has 0 amide bonds. The van der Waals surface area contributed by atoms with Gasteiger partial charge in [0.1, 0.15) is 6.10 Å². The number of unbranched alkanes of at least 4 members (excludes halogenated alkanes) is 4. The number of rotatable bonds is 10. The maximum absolute atomic E-state index is 11.7. The van der Waals surface area contributed by atoms with E-state index in [0.29, 0.717) is 6.42 Å². The number of hydrogen-bond acceptors (Lipinski definition) is 3.